The second-order valence-electron chi connectivity index (χ2n) is 3.67. The highest BCUT2D eigenvalue weighted by Crippen LogP contribution is 2.28. The van der Waals surface area contributed by atoms with Crippen LogP contribution in [-0.4, -0.2) is 39.2 Å². The molecule has 0 aliphatic heterocycles. The number of methoxy groups -OCH3 is 1. The Morgan fingerprint density at radius 3 is 2.95 bits per heavy atom. The molecule has 0 aliphatic rings. The van der Waals surface area contributed by atoms with E-state index >= 15 is 0 Å². The zero-order valence-corrected chi connectivity index (χ0v) is 11.1. The third-order valence-corrected chi connectivity index (χ3v) is 3.39. The van der Waals surface area contributed by atoms with E-state index in [9.17, 15) is 9.59 Å². The van der Waals surface area contributed by atoms with Gasteiger partial charge in [0.15, 0.2) is 0 Å². The normalized spacial score (nSPS) is 10.2. The molecule has 0 unspecified atom stereocenters. The molecule has 0 saturated carbocycles. The van der Waals surface area contributed by atoms with E-state index in [2.05, 4.69) is 25.6 Å². The van der Waals surface area contributed by atoms with Crippen LogP contribution in [0, 0.1) is 6.92 Å². The van der Waals surface area contributed by atoms with Crippen LogP contribution >= 0.6 is 11.3 Å². The second kappa shape index (κ2) is 5.57. The van der Waals surface area contributed by atoms with Crippen molar-refractivity contribution in [3.63, 3.8) is 0 Å². The van der Waals surface area contributed by atoms with E-state index in [1.807, 2.05) is 0 Å². The molecule has 1 amide bonds. The lowest BCUT2D eigenvalue weighted by Crippen LogP contribution is -2.20. The third kappa shape index (κ3) is 2.94. The number of tetrazole rings is 1. The molecule has 0 spiro atoms. The molecule has 0 saturated heterocycles. The maximum Gasteiger partial charge on any atom is 0.350 e. The summed E-state index contributed by atoms with van der Waals surface area (Å²) < 4.78 is 5.95. The van der Waals surface area contributed by atoms with Gasteiger partial charge >= 0.3 is 5.97 Å². The van der Waals surface area contributed by atoms with Gasteiger partial charge in [-0.3, -0.25) is 4.79 Å². The van der Waals surface area contributed by atoms with Gasteiger partial charge in [-0.25, -0.2) is 9.48 Å². The SMILES string of the molecule is COC(=O)c1scc(C)c1NC(=O)Cn1cnnn1. The lowest BCUT2D eigenvalue weighted by Gasteiger charge is -2.06. The highest BCUT2D eigenvalue weighted by atomic mass is 32.1. The van der Waals surface area contributed by atoms with Crippen LogP contribution in [0.4, 0.5) is 5.69 Å². The predicted molar refractivity (Wildman–Crippen MR) is 66.8 cm³/mol. The summed E-state index contributed by atoms with van der Waals surface area (Å²) in [7, 11) is 1.30. The van der Waals surface area contributed by atoms with Gasteiger partial charge in [0.2, 0.25) is 5.91 Å². The Labute approximate surface area is 112 Å². The van der Waals surface area contributed by atoms with E-state index in [4.69, 9.17) is 0 Å². The molecule has 0 bridgehead atoms. The van der Waals surface area contributed by atoms with Crippen LogP contribution < -0.4 is 5.32 Å². The van der Waals surface area contributed by atoms with Crippen molar-refractivity contribution in [2.75, 3.05) is 12.4 Å². The first-order valence-electron chi connectivity index (χ1n) is 5.29. The molecule has 19 heavy (non-hydrogen) atoms. The van der Waals surface area contributed by atoms with Crippen LogP contribution in [-0.2, 0) is 16.1 Å². The van der Waals surface area contributed by atoms with E-state index in [-0.39, 0.29) is 12.5 Å². The minimum Gasteiger partial charge on any atom is -0.465 e. The molecule has 2 rings (SSSR count). The summed E-state index contributed by atoms with van der Waals surface area (Å²) in [6, 6.07) is 0. The van der Waals surface area contributed by atoms with Crippen molar-refractivity contribution in [2.24, 2.45) is 0 Å². The summed E-state index contributed by atoms with van der Waals surface area (Å²) in [5.41, 5.74) is 1.27. The number of nitrogens with zero attached hydrogens (tertiary/aromatic N) is 4. The topological polar surface area (TPSA) is 99.0 Å². The summed E-state index contributed by atoms with van der Waals surface area (Å²) >= 11 is 1.22. The fourth-order valence-corrected chi connectivity index (χ4v) is 2.34. The Morgan fingerprint density at radius 1 is 1.53 bits per heavy atom. The monoisotopic (exact) mass is 281 g/mol. The first kappa shape index (κ1) is 13.1. The minimum absolute atomic E-state index is 0.0249. The molecule has 0 aliphatic carbocycles. The van der Waals surface area contributed by atoms with Gasteiger partial charge in [0, 0.05) is 0 Å². The van der Waals surface area contributed by atoms with Crippen LogP contribution in [0.25, 0.3) is 0 Å². The average Bonchev–Trinajstić information content (AvgIpc) is 3.00. The number of aromatic nitrogens is 4. The Morgan fingerprint density at radius 2 is 2.32 bits per heavy atom. The van der Waals surface area contributed by atoms with Crippen molar-refractivity contribution in [3.8, 4) is 0 Å². The second-order valence-corrected chi connectivity index (χ2v) is 4.55. The molecule has 1 N–H and O–H groups in total. The van der Waals surface area contributed by atoms with E-state index in [0.717, 1.165) is 5.56 Å². The number of carbonyl (C=O) groups excluding carboxylic acids is 2. The summed E-state index contributed by atoms with van der Waals surface area (Å²) in [6.45, 7) is 1.78. The average molecular weight is 281 g/mol. The number of hydrogen-bond donors (Lipinski definition) is 1. The first-order chi connectivity index (χ1) is 9.11. The predicted octanol–water partition coefficient (Wildman–Crippen LogP) is 0.468. The number of nitrogens with one attached hydrogen (secondary N) is 1. The minimum atomic E-state index is -0.476. The van der Waals surface area contributed by atoms with Crippen molar-refractivity contribution in [1.29, 1.82) is 0 Å². The zero-order chi connectivity index (χ0) is 13.8. The number of amides is 1. The molecular weight excluding hydrogens is 270 g/mol. The largest absolute Gasteiger partial charge is 0.465 e. The quantitative estimate of drug-likeness (QED) is 0.818. The molecule has 2 aromatic heterocycles. The van der Waals surface area contributed by atoms with Gasteiger partial charge in [-0.05, 0) is 28.3 Å². The fourth-order valence-electron chi connectivity index (χ4n) is 1.42. The number of esters is 1. The highest BCUT2D eigenvalue weighted by Gasteiger charge is 2.18. The molecule has 2 heterocycles. The van der Waals surface area contributed by atoms with Crippen LogP contribution in [0.15, 0.2) is 11.7 Å². The van der Waals surface area contributed by atoms with Gasteiger partial charge in [-0.1, -0.05) is 0 Å². The maximum atomic E-state index is 11.8. The van der Waals surface area contributed by atoms with Crippen molar-refractivity contribution in [3.05, 3.63) is 22.1 Å². The van der Waals surface area contributed by atoms with Crippen molar-refractivity contribution in [1.82, 2.24) is 20.2 Å². The number of rotatable bonds is 4. The van der Waals surface area contributed by atoms with Gasteiger partial charge in [0.05, 0.1) is 12.8 Å². The maximum absolute atomic E-state index is 11.8. The summed E-state index contributed by atoms with van der Waals surface area (Å²) in [4.78, 5) is 23.7. The van der Waals surface area contributed by atoms with E-state index < -0.39 is 5.97 Å². The molecule has 0 fully saturated rings. The number of anilines is 1. The lowest BCUT2D eigenvalue weighted by atomic mass is 10.2. The zero-order valence-electron chi connectivity index (χ0n) is 10.3. The molecule has 2 aromatic rings. The summed E-state index contributed by atoms with van der Waals surface area (Å²) in [6.07, 6.45) is 1.33. The Hall–Kier alpha value is -2.29. The summed E-state index contributed by atoms with van der Waals surface area (Å²) in [5.74, 6) is -0.797. The van der Waals surface area contributed by atoms with Crippen molar-refractivity contribution >= 4 is 28.9 Å². The fraction of sp³-hybridized carbons (Fsp3) is 0.300. The molecule has 0 aromatic carbocycles. The van der Waals surface area contributed by atoms with Gasteiger partial charge in [-0.2, -0.15) is 0 Å². The van der Waals surface area contributed by atoms with Crippen molar-refractivity contribution in [2.45, 2.75) is 13.5 Å². The number of ether oxygens (including phenoxy) is 1. The number of aryl methyl sites for hydroxylation is 1. The number of carbonyl (C=O) groups is 2. The Kier molecular flexibility index (Phi) is 3.85. The standard InChI is InChI=1S/C10H11N5O3S/c1-6-4-19-9(10(17)18-2)8(6)12-7(16)3-15-5-11-13-14-15/h4-5H,3H2,1-2H3,(H,12,16). The van der Waals surface area contributed by atoms with Crippen LogP contribution in [0.1, 0.15) is 15.2 Å². The lowest BCUT2D eigenvalue weighted by molar-refractivity contribution is -0.116. The number of hydrogen-bond acceptors (Lipinski definition) is 7. The molecule has 9 heteroatoms. The molecule has 0 atom stereocenters. The third-order valence-electron chi connectivity index (χ3n) is 2.31. The molecular formula is C10H11N5O3S. The van der Waals surface area contributed by atoms with E-state index in [1.165, 1.54) is 29.5 Å². The van der Waals surface area contributed by atoms with Crippen LogP contribution in [0.2, 0.25) is 0 Å². The smallest absolute Gasteiger partial charge is 0.350 e. The molecule has 100 valence electrons. The summed E-state index contributed by atoms with van der Waals surface area (Å²) in [5, 5.41) is 14.9. The Bertz CT molecular complexity index is 592. The first-order valence-corrected chi connectivity index (χ1v) is 6.16. The van der Waals surface area contributed by atoms with Crippen LogP contribution in [0.3, 0.4) is 0 Å². The van der Waals surface area contributed by atoms with Gasteiger partial charge in [0.25, 0.3) is 0 Å². The number of thiophene rings is 1. The van der Waals surface area contributed by atoms with Crippen LogP contribution in [0.5, 0.6) is 0 Å². The van der Waals surface area contributed by atoms with E-state index in [1.54, 1.807) is 12.3 Å². The Balaban J connectivity index is 2.12. The van der Waals surface area contributed by atoms with E-state index in [0.29, 0.717) is 10.6 Å². The molecule has 8 nitrogen and oxygen atoms in total. The highest BCUT2D eigenvalue weighted by molar-refractivity contribution is 7.12. The van der Waals surface area contributed by atoms with Gasteiger partial charge in [0.1, 0.15) is 17.7 Å². The van der Waals surface area contributed by atoms with Gasteiger partial charge < -0.3 is 10.1 Å². The van der Waals surface area contributed by atoms with Gasteiger partial charge in [-0.15, -0.1) is 16.4 Å². The molecule has 0 radical (unpaired) electrons. The van der Waals surface area contributed by atoms with Crippen molar-refractivity contribution < 1.29 is 14.3 Å².